The molecule has 9 heteroatoms. The Kier molecular flexibility index (Phi) is 5.13. The van der Waals surface area contributed by atoms with Gasteiger partial charge >= 0.3 is 12.1 Å². The van der Waals surface area contributed by atoms with E-state index in [4.69, 9.17) is 11.6 Å². The molecular formula is C16H9ClF3NO4. The lowest BCUT2D eigenvalue weighted by atomic mass is 10.0. The maximum Gasteiger partial charge on any atom is 0.416 e. The molecule has 0 aliphatic heterocycles. The summed E-state index contributed by atoms with van der Waals surface area (Å²) in [6.45, 7) is 0. The molecule has 2 rings (SSSR count). The first-order valence-electron chi connectivity index (χ1n) is 6.66. The Morgan fingerprint density at radius 1 is 1.16 bits per heavy atom. The van der Waals surface area contributed by atoms with Crippen molar-refractivity contribution in [2.24, 2.45) is 0 Å². The lowest BCUT2D eigenvalue weighted by Gasteiger charge is -2.08. The molecule has 130 valence electrons. The number of nitrogens with zero attached hydrogens (tertiary/aromatic N) is 1. The summed E-state index contributed by atoms with van der Waals surface area (Å²) >= 11 is 5.78. The van der Waals surface area contributed by atoms with E-state index in [1.807, 2.05) is 0 Å². The lowest BCUT2D eigenvalue weighted by molar-refractivity contribution is -0.385. The van der Waals surface area contributed by atoms with Gasteiger partial charge in [-0.3, -0.25) is 10.1 Å². The number of carboxylic acids is 1. The number of alkyl halides is 3. The van der Waals surface area contributed by atoms with Gasteiger partial charge in [-0.25, -0.2) is 4.79 Å². The molecule has 0 aliphatic carbocycles. The second-order valence-corrected chi connectivity index (χ2v) is 5.34. The smallest absolute Gasteiger partial charge is 0.416 e. The summed E-state index contributed by atoms with van der Waals surface area (Å²) in [5.74, 6) is -1.48. The van der Waals surface area contributed by atoms with Crippen molar-refractivity contribution in [3.63, 3.8) is 0 Å². The fourth-order valence-electron chi connectivity index (χ4n) is 2.07. The van der Waals surface area contributed by atoms with Gasteiger partial charge in [0.05, 0.1) is 21.6 Å². The van der Waals surface area contributed by atoms with E-state index in [2.05, 4.69) is 0 Å². The van der Waals surface area contributed by atoms with Crippen LogP contribution in [0.3, 0.4) is 0 Å². The maximum absolute atomic E-state index is 12.6. The fraction of sp³-hybridized carbons (Fsp3) is 0.0625. The molecule has 1 N–H and O–H groups in total. The zero-order chi connectivity index (χ0) is 18.8. The third kappa shape index (κ3) is 4.36. The Labute approximate surface area is 144 Å². The Bertz CT molecular complexity index is 861. The minimum Gasteiger partial charge on any atom is -0.478 e. The van der Waals surface area contributed by atoms with Crippen molar-refractivity contribution in [1.29, 1.82) is 0 Å². The number of carboxylic acid groups (broad SMARTS) is 1. The summed E-state index contributed by atoms with van der Waals surface area (Å²) < 4.78 is 37.7. The lowest BCUT2D eigenvalue weighted by Crippen LogP contribution is -2.05. The van der Waals surface area contributed by atoms with E-state index < -0.39 is 33.9 Å². The first kappa shape index (κ1) is 18.5. The van der Waals surface area contributed by atoms with Gasteiger partial charge < -0.3 is 5.11 Å². The predicted molar refractivity (Wildman–Crippen MR) is 85.1 cm³/mol. The molecule has 2 aromatic rings. The molecule has 0 amide bonds. The molecular weight excluding hydrogens is 363 g/mol. The van der Waals surface area contributed by atoms with Crippen LogP contribution >= 0.6 is 11.6 Å². The monoisotopic (exact) mass is 371 g/mol. The molecule has 0 bridgehead atoms. The first-order valence-corrected chi connectivity index (χ1v) is 7.04. The van der Waals surface area contributed by atoms with Crippen molar-refractivity contribution >= 4 is 34.9 Å². The number of hydrogen-bond acceptors (Lipinski definition) is 3. The Hall–Kier alpha value is -2.87. The van der Waals surface area contributed by atoms with Crippen LogP contribution in [0.25, 0.3) is 11.6 Å². The van der Waals surface area contributed by atoms with Gasteiger partial charge in [-0.2, -0.15) is 13.2 Å². The second kappa shape index (κ2) is 6.94. The zero-order valence-corrected chi connectivity index (χ0v) is 13.0. The molecule has 2 aromatic carbocycles. The van der Waals surface area contributed by atoms with Gasteiger partial charge in [0, 0.05) is 11.1 Å². The molecule has 0 saturated carbocycles. The Morgan fingerprint density at radius 2 is 1.76 bits per heavy atom. The summed E-state index contributed by atoms with van der Waals surface area (Å²) in [4.78, 5) is 21.8. The number of halogens is 4. The Balaban J connectivity index is 2.56. The van der Waals surface area contributed by atoms with Gasteiger partial charge in [0.25, 0.3) is 5.69 Å². The summed E-state index contributed by atoms with van der Waals surface area (Å²) in [6.07, 6.45) is -3.48. The zero-order valence-electron chi connectivity index (χ0n) is 12.2. The standard InChI is InChI=1S/C16H9ClF3NO4/c17-11-5-6-14(21(24)25)12(8-11)13(15(22)23)7-9-1-3-10(4-2-9)16(18,19)20/h1-8H,(H,22,23)/b13-7-. The van der Waals surface area contributed by atoms with Crippen molar-refractivity contribution in [3.8, 4) is 0 Å². The third-order valence-electron chi connectivity index (χ3n) is 3.22. The SMILES string of the molecule is O=C(O)/C(=C\c1ccc(C(F)(F)F)cc1)c1cc(Cl)ccc1[N+](=O)[O-]. The van der Waals surface area contributed by atoms with Gasteiger partial charge in [0.1, 0.15) is 0 Å². The van der Waals surface area contributed by atoms with Crippen molar-refractivity contribution < 1.29 is 28.0 Å². The molecule has 0 atom stereocenters. The second-order valence-electron chi connectivity index (χ2n) is 4.90. The summed E-state index contributed by atoms with van der Waals surface area (Å²) in [7, 11) is 0. The highest BCUT2D eigenvalue weighted by Gasteiger charge is 2.30. The van der Waals surface area contributed by atoms with E-state index in [9.17, 15) is 33.2 Å². The largest absolute Gasteiger partial charge is 0.478 e. The van der Waals surface area contributed by atoms with E-state index in [1.165, 1.54) is 6.07 Å². The van der Waals surface area contributed by atoms with Gasteiger partial charge in [0.2, 0.25) is 0 Å². The molecule has 0 saturated heterocycles. The summed E-state index contributed by atoms with van der Waals surface area (Å²) in [5, 5.41) is 20.5. The highest BCUT2D eigenvalue weighted by atomic mass is 35.5. The van der Waals surface area contributed by atoms with Crippen molar-refractivity contribution in [1.82, 2.24) is 0 Å². The number of hydrogen-bond donors (Lipinski definition) is 1. The van der Waals surface area contributed by atoms with Crippen molar-refractivity contribution in [3.05, 3.63) is 74.3 Å². The average molecular weight is 372 g/mol. The molecule has 5 nitrogen and oxygen atoms in total. The molecule has 0 unspecified atom stereocenters. The number of nitro benzene ring substituents is 1. The minimum absolute atomic E-state index is 0.0835. The molecule has 0 radical (unpaired) electrons. The molecule has 0 spiro atoms. The van der Waals surface area contributed by atoms with Crippen LogP contribution < -0.4 is 0 Å². The van der Waals surface area contributed by atoms with Gasteiger partial charge in [-0.1, -0.05) is 23.7 Å². The first-order chi connectivity index (χ1) is 11.6. The van der Waals surface area contributed by atoms with Crippen LogP contribution in [-0.2, 0) is 11.0 Å². The Morgan fingerprint density at radius 3 is 2.24 bits per heavy atom. The van der Waals surface area contributed by atoms with Gasteiger partial charge in [0.15, 0.2) is 0 Å². The highest BCUT2D eigenvalue weighted by molar-refractivity contribution is 6.31. The molecule has 0 aliphatic rings. The number of carbonyl (C=O) groups is 1. The van der Waals surface area contributed by atoms with E-state index in [0.29, 0.717) is 0 Å². The topological polar surface area (TPSA) is 80.4 Å². The maximum atomic E-state index is 12.6. The third-order valence-corrected chi connectivity index (χ3v) is 3.46. The minimum atomic E-state index is -4.52. The summed E-state index contributed by atoms with van der Waals surface area (Å²) in [5.41, 5.74) is -1.95. The van der Waals surface area contributed by atoms with E-state index in [1.54, 1.807) is 0 Å². The average Bonchev–Trinajstić information content (AvgIpc) is 2.51. The van der Waals surface area contributed by atoms with E-state index >= 15 is 0 Å². The van der Waals surface area contributed by atoms with Crippen LogP contribution in [0, 0.1) is 10.1 Å². The number of aliphatic carboxylic acids is 1. The highest BCUT2D eigenvalue weighted by Crippen LogP contribution is 2.32. The predicted octanol–water partition coefficient (Wildman–Crippen LogP) is 4.89. The van der Waals surface area contributed by atoms with Gasteiger partial charge in [-0.15, -0.1) is 0 Å². The molecule has 25 heavy (non-hydrogen) atoms. The normalized spacial score (nSPS) is 12.1. The molecule has 0 heterocycles. The van der Waals surface area contributed by atoms with Crippen LogP contribution in [0.4, 0.5) is 18.9 Å². The number of nitro groups is 1. The number of rotatable bonds is 4. The van der Waals surface area contributed by atoms with Crippen LogP contribution in [0.5, 0.6) is 0 Å². The van der Waals surface area contributed by atoms with Gasteiger partial charge in [-0.05, 0) is 35.9 Å². The van der Waals surface area contributed by atoms with Crippen LogP contribution in [0.15, 0.2) is 42.5 Å². The van der Waals surface area contributed by atoms with E-state index in [-0.39, 0.29) is 16.1 Å². The van der Waals surface area contributed by atoms with Crippen LogP contribution in [0.2, 0.25) is 5.02 Å². The van der Waals surface area contributed by atoms with E-state index in [0.717, 1.165) is 42.5 Å². The van der Waals surface area contributed by atoms with Crippen LogP contribution in [0.1, 0.15) is 16.7 Å². The van der Waals surface area contributed by atoms with Crippen molar-refractivity contribution in [2.45, 2.75) is 6.18 Å². The molecule has 0 aromatic heterocycles. The summed E-state index contributed by atoms with van der Waals surface area (Å²) in [6, 6.07) is 7.13. The number of benzene rings is 2. The van der Waals surface area contributed by atoms with Crippen LogP contribution in [-0.4, -0.2) is 16.0 Å². The quantitative estimate of drug-likeness (QED) is 0.359. The molecule has 0 fully saturated rings. The van der Waals surface area contributed by atoms with Crippen molar-refractivity contribution in [2.75, 3.05) is 0 Å². The fourth-order valence-corrected chi connectivity index (χ4v) is 2.24.